The van der Waals surface area contributed by atoms with Gasteiger partial charge >= 0.3 is 0 Å². The molecule has 8 heteroatoms. The first-order chi connectivity index (χ1) is 11.6. The second kappa shape index (κ2) is 7.88. The van der Waals surface area contributed by atoms with Crippen LogP contribution in [0.15, 0.2) is 30.5 Å². The first kappa shape index (κ1) is 17.1. The number of rotatable bonds is 6. The molecule has 1 amide bonds. The van der Waals surface area contributed by atoms with E-state index >= 15 is 0 Å². The number of aromatic nitrogens is 2. The van der Waals surface area contributed by atoms with E-state index < -0.39 is 0 Å². The van der Waals surface area contributed by atoms with Crippen molar-refractivity contribution in [1.82, 2.24) is 15.1 Å². The molecule has 1 atom stereocenters. The van der Waals surface area contributed by atoms with Crippen LogP contribution in [0.3, 0.4) is 0 Å². The van der Waals surface area contributed by atoms with Crippen molar-refractivity contribution in [2.45, 2.75) is 25.7 Å². The van der Waals surface area contributed by atoms with Gasteiger partial charge in [0.2, 0.25) is 0 Å². The number of amides is 1. The molecule has 1 aromatic carbocycles. The molecular formula is C16H17Cl2N3O3. The molecular weight excluding hydrogens is 353 g/mol. The fourth-order valence-corrected chi connectivity index (χ4v) is 2.85. The molecule has 1 fully saturated rings. The summed E-state index contributed by atoms with van der Waals surface area (Å²) >= 11 is 11.9. The first-order valence-corrected chi connectivity index (χ1v) is 8.38. The lowest BCUT2D eigenvalue weighted by atomic mass is 10.2. The van der Waals surface area contributed by atoms with Crippen molar-refractivity contribution in [1.29, 1.82) is 0 Å². The lowest BCUT2D eigenvalue weighted by Crippen LogP contribution is -2.32. The quantitative estimate of drug-likeness (QED) is 0.849. The molecule has 1 N–H and O–H groups in total. The summed E-state index contributed by atoms with van der Waals surface area (Å²) in [5, 5.41) is 7.97. The maximum Gasteiger partial charge on any atom is 0.271 e. The Bertz CT molecular complexity index is 714. The van der Waals surface area contributed by atoms with Crippen LogP contribution in [0.5, 0.6) is 5.75 Å². The minimum absolute atomic E-state index is 0.103. The number of nitrogens with one attached hydrogen (secondary N) is 1. The molecule has 128 valence electrons. The van der Waals surface area contributed by atoms with Gasteiger partial charge < -0.3 is 14.8 Å². The molecule has 0 saturated carbocycles. The van der Waals surface area contributed by atoms with Crippen molar-refractivity contribution in [3.8, 4) is 5.75 Å². The van der Waals surface area contributed by atoms with Gasteiger partial charge in [-0.05, 0) is 37.1 Å². The standard InChI is InChI=1S/C16H17Cl2N3O3/c17-11-3-4-15(13(18)8-11)24-10-21-6-5-14(20-21)16(22)19-9-12-2-1-7-23-12/h3-6,8,12H,1-2,7,9-10H2,(H,19,22). The molecule has 3 rings (SSSR count). The molecule has 0 bridgehead atoms. The third-order valence-electron chi connectivity index (χ3n) is 3.63. The van der Waals surface area contributed by atoms with Gasteiger partial charge in [0, 0.05) is 24.4 Å². The Hall–Kier alpha value is -1.76. The van der Waals surface area contributed by atoms with Crippen LogP contribution in [0, 0.1) is 0 Å². The topological polar surface area (TPSA) is 65.4 Å². The van der Waals surface area contributed by atoms with Crippen molar-refractivity contribution in [2.75, 3.05) is 13.2 Å². The van der Waals surface area contributed by atoms with Gasteiger partial charge in [0.25, 0.3) is 5.91 Å². The summed E-state index contributed by atoms with van der Waals surface area (Å²) in [5.74, 6) is 0.273. The Labute approximate surface area is 149 Å². The molecule has 24 heavy (non-hydrogen) atoms. The summed E-state index contributed by atoms with van der Waals surface area (Å²) < 4.78 is 12.6. The second-order valence-corrected chi connectivity index (χ2v) is 6.28. The minimum atomic E-state index is -0.228. The van der Waals surface area contributed by atoms with Crippen LogP contribution in [-0.4, -0.2) is 34.9 Å². The summed E-state index contributed by atoms with van der Waals surface area (Å²) in [6.45, 7) is 1.41. The fraction of sp³-hybridized carbons (Fsp3) is 0.375. The van der Waals surface area contributed by atoms with Gasteiger partial charge in [0.15, 0.2) is 6.73 Å². The molecule has 1 aliphatic heterocycles. The Morgan fingerprint density at radius 1 is 1.42 bits per heavy atom. The summed E-state index contributed by atoms with van der Waals surface area (Å²) in [4.78, 5) is 12.1. The molecule has 6 nitrogen and oxygen atoms in total. The number of carbonyl (C=O) groups excluding carboxylic acids is 1. The number of halogens is 2. The number of hydrogen-bond donors (Lipinski definition) is 1. The predicted molar refractivity (Wildman–Crippen MR) is 90.6 cm³/mol. The molecule has 1 saturated heterocycles. The van der Waals surface area contributed by atoms with Gasteiger partial charge in [-0.3, -0.25) is 4.79 Å². The maximum atomic E-state index is 12.1. The molecule has 0 radical (unpaired) electrons. The Balaban J connectivity index is 1.51. The van der Waals surface area contributed by atoms with Gasteiger partial charge in [0.1, 0.15) is 11.4 Å². The number of ether oxygens (including phenoxy) is 2. The van der Waals surface area contributed by atoms with E-state index in [0.717, 1.165) is 19.4 Å². The highest BCUT2D eigenvalue weighted by molar-refractivity contribution is 6.35. The zero-order valence-corrected chi connectivity index (χ0v) is 14.4. The number of carbonyl (C=O) groups is 1. The van der Waals surface area contributed by atoms with Gasteiger partial charge in [-0.1, -0.05) is 23.2 Å². The highest BCUT2D eigenvalue weighted by Gasteiger charge is 2.17. The Kier molecular flexibility index (Phi) is 5.60. The largest absolute Gasteiger partial charge is 0.470 e. The van der Waals surface area contributed by atoms with Crippen molar-refractivity contribution in [2.24, 2.45) is 0 Å². The smallest absolute Gasteiger partial charge is 0.271 e. The van der Waals surface area contributed by atoms with Crippen LogP contribution < -0.4 is 10.1 Å². The molecule has 1 aromatic heterocycles. The summed E-state index contributed by atoms with van der Waals surface area (Å²) in [5.41, 5.74) is 0.332. The zero-order valence-electron chi connectivity index (χ0n) is 12.9. The number of benzene rings is 1. The van der Waals surface area contributed by atoms with Gasteiger partial charge in [-0.15, -0.1) is 0 Å². The minimum Gasteiger partial charge on any atom is -0.470 e. The van der Waals surface area contributed by atoms with E-state index in [9.17, 15) is 4.79 Å². The lowest BCUT2D eigenvalue weighted by molar-refractivity contribution is 0.0852. The van der Waals surface area contributed by atoms with Crippen molar-refractivity contribution in [3.63, 3.8) is 0 Å². The average molecular weight is 370 g/mol. The van der Waals surface area contributed by atoms with Crippen LogP contribution in [-0.2, 0) is 11.5 Å². The highest BCUT2D eigenvalue weighted by atomic mass is 35.5. The Morgan fingerprint density at radius 3 is 3.04 bits per heavy atom. The van der Waals surface area contributed by atoms with E-state index in [1.165, 1.54) is 4.68 Å². The van der Waals surface area contributed by atoms with Gasteiger partial charge in [-0.2, -0.15) is 5.10 Å². The molecule has 0 aliphatic carbocycles. The third-order valence-corrected chi connectivity index (χ3v) is 4.16. The monoisotopic (exact) mass is 369 g/mol. The molecule has 1 unspecified atom stereocenters. The van der Waals surface area contributed by atoms with Crippen LogP contribution in [0.4, 0.5) is 0 Å². The Morgan fingerprint density at radius 2 is 2.29 bits per heavy atom. The van der Waals surface area contributed by atoms with E-state index in [-0.39, 0.29) is 18.7 Å². The third kappa shape index (κ3) is 4.41. The first-order valence-electron chi connectivity index (χ1n) is 7.63. The highest BCUT2D eigenvalue weighted by Crippen LogP contribution is 2.27. The van der Waals surface area contributed by atoms with Crippen LogP contribution in [0.1, 0.15) is 23.3 Å². The van der Waals surface area contributed by atoms with Crippen LogP contribution in [0.25, 0.3) is 0 Å². The zero-order chi connectivity index (χ0) is 16.9. The van der Waals surface area contributed by atoms with E-state index in [2.05, 4.69) is 10.4 Å². The molecule has 2 aromatic rings. The van der Waals surface area contributed by atoms with E-state index in [1.54, 1.807) is 30.5 Å². The molecule has 0 spiro atoms. The van der Waals surface area contributed by atoms with Crippen molar-refractivity contribution in [3.05, 3.63) is 46.2 Å². The van der Waals surface area contributed by atoms with E-state index in [1.807, 2.05) is 0 Å². The summed E-state index contributed by atoms with van der Waals surface area (Å²) in [7, 11) is 0. The average Bonchev–Trinajstić information content (AvgIpc) is 3.23. The number of hydrogen-bond acceptors (Lipinski definition) is 4. The SMILES string of the molecule is O=C(NCC1CCCO1)c1ccn(COc2ccc(Cl)cc2Cl)n1. The predicted octanol–water partition coefficient (Wildman–Crippen LogP) is 3.14. The second-order valence-electron chi connectivity index (χ2n) is 5.43. The van der Waals surface area contributed by atoms with Gasteiger partial charge in [0.05, 0.1) is 11.1 Å². The summed E-state index contributed by atoms with van der Waals surface area (Å²) in [6, 6.07) is 6.61. The van der Waals surface area contributed by atoms with Crippen LogP contribution in [0.2, 0.25) is 10.0 Å². The van der Waals surface area contributed by atoms with E-state index in [0.29, 0.717) is 28.0 Å². The maximum absolute atomic E-state index is 12.1. The van der Waals surface area contributed by atoms with E-state index in [4.69, 9.17) is 32.7 Å². The van der Waals surface area contributed by atoms with Gasteiger partial charge in [-0.25, -0.2) is 4.68 Å². The van der Waals surface area contributed by atoms with Crippen molar-refractivity contribution >= 4 is 29.1 Å². The molecule has 2 heterocycles. The normalized spacial score (nSPS) is 17.0. The van der Waals surface area contributed by atoms with Crippen molar-refractivity contribution < 1.29 is 14.3 Å². The number of nitrogens with zero attached hydrogens (tertiary/aromatic N) is 2. The molecule has 1 aliphatic rings. The fourth-order valence-electron chi connectivity index (χ4n) is 2.39. The van der Waals surface area contributed by atoms with Crippen LogP contribution >= 0.6 is 23.2 Å². The lowest BCUT2D eigenvalue weighted by Gasteiger charge is -2.10. The summed E-state index contributed by atoms with van der Waals surface area (Å²) in [6.07, 6.45) is 3.79.